The van der Waals surface area contributed by atoms with Crippen molar-refractivity contribution in [2.24, 2.45) is 5.92 Å². The summed E-state index contributed by atoms with van der Waals surface area (Å²) in [5, 5.41) is 2.27. The van der Waals surface area contributed by atoms with Crippen LogP contribution in [-0.2, 0) is 4.79 Å². The van der Waals surface area contributed by atoms with Gasteiger partial charge in [0.05, 0.1) is 13.4 Å². The van der Waals surface area contributed by atoms with E-state index in [9.17, 15) is 4.79 Å². The Morgan fingerprint density at radius 3 is 2.50 bits per heavy atom. The molecular formula is C26H41BIN3OP4. The molecule has 0 bridgehead atoms. The van der Waals surface area contributed by atoms with Crippen molar-refractivity contribution in [3.05, 3.63) is 33.2 Å². The number of amides is 1. The van der Waals surface area contributed by atoms with Crippen molar-refractivity contribution >= 4 is 89.9 Å². The Bertz CT molecular complexity index is 1110. The fraction of sp³-hybridized carbons (Fsp3) is 0.615. The first-order chi connectivity index (χ1) is 16.6. The molecule has 0 saturated heterocycles. The van der Waals surface area contributed by atoms with E-state index in [1.165, 1.54) is 25.7 Å². The number of rotatable bonds is 9. The molecule has 6 atom stereocenters. The third kappa shape index (κ3) is 8.46. The molecule has 3 rings (SSSR count). The molecule has 0 spiro atoms. The van der Waals surface area contributed by atoms with Gasteiger partial charge in [0.15, 0.2) is 0 Å². The predicted octanol–water partition coefficient (Wildman–Crippen LogP) is 6.60. The number of hydrogen-bond donors (Lipinski definition) is 2. The SMILES string of the molecule is [B]C(C)(P)/C=C(\C(=O)NCC(C)(C)P)c1ccc2[nH]c([C@@H](CCC)C3CCC(P)(P)CC3)nc2c1I. The summed E-state index contributed by atoms with van der Waals surface area (Å²) >= 11 is 2.34. The van der Waals surface area contributed by atoms with E-state index in [0.717, 1.165) is 38.8 Å². The second kappa shape index (κ2) is 12.3. The number of aromatic nitrogens is 2. The van der Waals surface area contributed by atoms with Gasteiger partial charge < -0.3 is 10.3 Å². The Kier molecular flexibility index (Phi) is 10.6. The number of carbonyl (C=O) groups excluding carboxylic acids is 1. The van der Waals surface area contributed by atoms with Crippen molar-refractivity contribution in [2.45, 2.75) is 87.2 Å². The second-order valence-electron chi connectivity index (χ2n) is 11.5. The van der Waals surface area contributed by atoms with Gasteiger partial charge >= 0.3 is 0 Å². The third-order valence-corrected chi connectivity index (χ3v) is 9.40. The molecule has 1 aromatic carbocycles. The number of fused-ring (bicyclic) bond motifs is 1. The first kappa shape index (κ1) is 30.9. The lowest BCUT2D eigenvalue weighted by molar-refractivity contribution is -0.115. The first-order valence-corrected chi connectivity index (χ1v) is 16.1. The van der Waals surface area contributed by atoms with Crippen LogP contribution in [0.15, 0.2) is 18.2 Å². The summed E-state index contributed by atoms with van der Waals surface area (Å²) < 4.78 is 0.973. The zero-order chi connectivity index (χ0) is 26.9. The van der Waals surface area contributed by atoms with E-state index in [0.29, 0.717) is 24.0 Å². The van der Waals surface area contributed by atoms with E-state index in [1.807, 2.05) is 19.1 Å². The van der Waals surface area contributed by atoms with Crippen LogP contribution in [0.1, 0.15) is 83.5 Å². The summed E-state index contributed by atoms with van der Waals surface area (Å²) in [5.41, 5.74) is 3.39. The van der Waals surface area contributed by atoms with Crippen molar-refractivity contribution in [1.29, 1.82) is 0 Å². The van der Waals surface area contributed by atoms with Gasteiger partial charge in [-0.25, -0.2) is 4.98 Å². The average molecular weight is 673 g/mol. The summed E-state index contributed by atoms with van der Waals surface area (Å²) in [6.45, 7) is 8.83. The Labute approximate surface area is 241 Å². The zero-order valence-electron chi connectivity index (χ0n) is 22.0. The molecule has 1 amide bonds. The summed E-state index contributed by atoms with van der Waals surface area (Å²) in [6.07, 6.45) is 8.95. The normalized spacial score (nSPS) is 19.8. The van der Waals surface area contributed by atoms with Gasteiger partial charge in [-0.15, -0.1) is 37.0 Å². The third-order valence-electron chi connectivity index (χ3n) is 6.79. The fourth-order valence-corrected chi connectivity index (χ4v) is 6.73. The number of nitrogens with one attached hydrogen (secondary N) is 2. The van der Waals surface area contributed by atoms with Gasteiger partial charge in [-0.1, -0.05) is 46.3 Å². The number of halogens is 1. The van der Waals surface area contributed by atoms with Crippen molar-refractivity contribution < 1.29 is 4.79 Å². The maximum atomic E-state index is 13.3. The number of imidazole rings is 1. The summed E-state index contributed by atoms with van der Waals surface area (Å²) in [6, 6.07) is 4.08. The molecule has 5 unspecified atom stereocenters. The number of nitrogens with zero attached hydrogens (tertiary/aromatic N) is 1. The molecule has 1 heterocycles. The lowest BCUT2D eigenvalue weighted by Gasteiger charge is -2.37. The van der Waals surface area contributed by atoms with Gasteiger partial charge in [0.25, 0.3) is 5.91 Å². The zero-order valence-corrected chi connectivity index (χ0v) is 28.7. The predicted molar refractivity (Wildman–Crippen MR) is 179 cm³/mol. The molecule has 0 aliphatic heterocycles. The number of allylic oxidation sites excluding steroid dienone is 1. The maximum absolute atomic E-state index is 13.3. The average Bonchev–Trinajstić information content (AvgIpc) is 3.19. The molecule has 36 heavy (non-hydrogen) atoms. The van der Waals surface area contributed by atoms with Crippen molar-refractivity contribution in [2.75, 3.05) is 6.54 Å². The quantitative estimate of drug-likeness (QED) is 0.137. The maximum Gasteiger partial charge on any atom is 0.251 e. The summed E-state index contributed by atoms with van der Waals surface area (Å²) in [7, 11) is 17.8. The molecule has 1 saturated carbocycles. The van der Waals surface area contributed by atoms with Gasteiger partial charge in [-0.05, 0) is 81.8 Å². The van der Waals surface area contributed by atoms with Crippen LogP contribution in [0.5, 0.6) is 0 Å². The highest BCUT2D eigenvalue weighted by atomic mass is 127. The van der Waals surface area contributed by atoms with E-state index < -0.39 is 5.06 Å². The summed E-state index contributed by atoms with van der Waals surface area (Å²) in [5.74, 6) is 2.03. The smallest absolute Gasteiger partial charge is 0.251 e. The minimum Gasteiger partial charge on any atom is -0.351 e. The topological polar surface area (TPSA) is 57.8 Å². The number of carbonyl (C=O) groups is 1. The number of H-pyrrole nitrogens is 1. The molecule has 1 aliphatic rings. The van der Waals surface area contributed by atoms with Crippen LogP contribution in [0.4, 0.5) is 0 Å². The van der Waals surface area contributed by atoms with Crippen LogP contribution in [0.25, 0.3) is 16.6 Å². The largest absolute Gasteiger partial charge is 0.351 e. The van der Waals surface area contributed by atoms with E-state index in [1.54, 1.807) is 0 Å². The molecule has 10 heteroatoms. The van der Waals surface area contributed by atoms with E-state index in [-0.39, 0.29) is 16.0 Å². The Hall–Kier alpha value is 0.415. The van der Waals surface area contributed by atoms with Crippen LogP contribution < -0.4 is 5.32 Å². The molecule has 1 aromatic heterocycles. The molecule has 196 valence electrons. The Morgan fingerprint density at radius 1 is 1.31 bits per heavy atom. The van der Waals surface area contributed by atoms with Crippen LogP contribution in [-0.4, -0.2) is 45.4 Å². The van der Waals surface area contributed by atoms with Crippen LogP contribution in [0.3, 0.4) is 0 Å². The Morgan fingerprint density at radius 2 is 1.94 bits per heavy atom. The molecule has 1 fully saturated rings. The van der Waals surface area contributed by atoms with Gasteiger partial charge in [-0.3, -0.25) is 4.79 Å². The summed E-state index contributed by atoms with van der Waals surface area (Å²) in [4.78, 5) is 22.4. The first-order valence-electron chi connectivity index (χ1n) is 12.7. The highest BCUT2D eigenvalue weighted by Gasteiger charge is 2.33. The molecule has 2 aromatic rings. The van der Waals surface area contributed by atoms with E-state index >= 15 is 0 Å². The molecule has 1 aliphatic carbocycles. The number of aromatic amines is 1. The molecule has 2 radical (unpaired) electrons. The van der Waals surface area contributed by atoms with Gasteiger partial charge in [0.1, 0.15) is 11.3 Å². The van der Waals surface area contributed by atoms with Gasteiger partial charge in [0, 0.05) is 27.2 Å². The van der Waals surface area contributed by atoms with Crippen molar-refractivity contribution in [3.8, 4) is 0 Å². The van der Waals surface area contributed by atoms with Crippen molar-refractivity contribution in [3.63, 3.8) is 0 Å². The monoisotopic (exact) mass is 673 g/mol. The standard InChI is InChI=1S/C26H41BIN3OP4/c1-5-6-16(15-9-11-26(35,36)12-10-15)22-30-19-8-7-17(20(28)21(19)31-22)18(13-25(4,27)34)23(32)29-14-24(2,3)33/h7-8,13,15-16H,5-6,9-12,14,33-36H2,1-4H3,(H,29,32)(H,30,31)/b18-13-/t16-,25?/m0/s1. The number of benzene rings is 1. The van der Waals surface area contributed by atoms with Gasteiger partial charge in [-0.2, -0.15) is 0 Å². The van der Waals surface area contributed by atoms with Crippen LogP contribution in [0, 0.1) is 9.49 Å². The Balaban J connectivity index is 1.99. The molecule has 2 N–H and O–H groups in total. The highest BCUT2D eigenvalue weighted by molar-refractivity contribution is 14.1. The number of hydrogen-bond acceptors (Lipinski definition) is 2. The van der Waals surface area contributed by atoms with Crippen LogP contribution >= 0.6 is 59.6 Å². The minimum absolute atomic E-state index is 0.0953. The van der Waals surface area contributed by atoms with E-state index in [2.05, 4.69) is 96.7 Å². The van der Waals surface area contributed by atoms with Crippen LogP contribution in [0.2, 0.25) is 0 Å². The highest BCUT2D eigenvalue weighted by Crippen LogP contribution is 2.48. The minimum atomic E-state index is -0.713. The van der Waals surface area contributed by atoms with Gasteiger partial charge in [0.2, 0.25) is 0 Å². The van der Waals surface area contributed by atoms with Crippen molar-refractivity contribution in [1.82, 2.24) is 15.3 Å². The molecule has 4 nitrogen and oxygen atoms in total. The fourth-order valence-electron chi connectivity index (χ4n) is 4.91. The van der Waals surface area contributed by atoms with E-state index in [4.69, 9.17) is 12.8 Å². The lowest BCUT2D eigenvalue weighted by Crippen LogP contribution is -2.35. The molecular weight excluding hydrogens is 632 g/mol. The lowest BCUT2D eigenvalue weighted by atomic mass is 9.77. The second-order valence-corrected chi connectivity index (χ2v) is 18.4.